The number of amides is 1. The van der Waals surface area contributed by atoms with E-state index in [9.17, 15) is 18.0 Å². The van der Waals surface area contributed by atoms with E-state index >= 15 is 0 Å². The number of halogens is 3. The summed E-state index contributed by atoms with van der Waals surface area (Å²) in [5.74, 6) is 0.205. The number of nitriles is 1. The molecule has 2 aromatic carbocycles. The van der Waals surface area contributed by atoms with Crippen LogP contribution in [0.25, 0.3) is 0 Å². The molecule has 0 saturated carbocycles. The zero-order chi connectivity index (χ0) is 25.9. The molecular weight excluding hydrogens is 475 g/mol. The standard InChI is InChI=1S/C25H24F3N5O3/c1-35-20-9-8-16(12-21(20)36-2)19-13-22(25(26,27)28)33-23(32-19)18(14-30-33)24(34)31-17-7-3-5-15(11-17)6-4-10-29/h3,5,7-9,11-12,14,19,22,32H,4,6,13H2,1-2H3,(H,31,34)/t19-,22+/m0/s1. The zero-order valence-corrected chi connectivity index (χ0v) is 19.6. The molecule has 2 N–H and O–H groups in total. The molecule has 0 bridgehead atoms. The molecule has 8 nitrogen and oxygen atoms in total. The topological polar surface area (TPSA) is 101 Å². The summed E-state index contributed by atoms with van der Waals surface area (Å²) in [5, 5.41) is 18.5. The second-order valence-electron chi connectivity index (χ2n) is 8.27. The number of ether oxygens (including phenoxy) is 2. The van der Waals surface area contributed by atoms with Crippen molar-refractivity contribution in [3.05, 3.63) is 65.4 Å². The molecule has 1 amide bonds. The molecule has 2 heterocycles. The molecule has 0 saturated heterocycles. The van der Waals surface area contributed by atoms with Crippen LogP contribution >= 0.6 is 0 Å². The highest BCUT2D eigenvalue weighted by Crippen LogP contribution is 2.45. The first-order valence-corrected chi connectivity index (χ1v) is 11.1. The van der Waals surface area contributed by atoms with Crippen LogP contribution in [0.3, 0.4) is 0 Å². The Hall–Kier alpha value is -4.20. The number of benzene rings is 2. The summed E-state index contributed by atoms with van der Waals surface area (Å²) in [7, 11) is 2.92. The molecule has 3 aromatic rings. The van der Waals surface area contributed by atoms with E-state index in [0.717, 1.165) is 16.4 Å². The minimum Gasteiger partial charge on any atom is -0.493 e. The van der Waals surface area contributed by atoms with E-state index in [1.807, 2.05) is 6.07 Å². The monoisotopic (exact) mass is 499 g/mol. The van der Waals surface area contributed by atoms with E-state index < -0.39 is 24.2 Å². The molecule has 1 aliphatic rings. The van der Waals surface area contributed by atoms with Crippen molar-refractivity contribution >= 4 is 17.4 Å². The fourth-order valence-corrected chi connectivity index (χ4v) is 4.22. The Morgan fingerprint density at radius 2 is 2.00 bits per heavy atom. The SMILES string of the molecule is COc1ccc([C@@H]2C[C@H](C(F)(F)F)n3ncc(C(=O)Nc4cccc(CCC#N)c4)c3N2)cc1OC. The van der Waals surface area contributed by atoms with Gasteiger partial charge in [-0.25, -0.2) is 4.68 Å². The number of hydrogen-bond donors (Lipinski definition) is 2. The third-order valence-electron chi connectivity index (χ3n) is 6.00. The fraction of sp³-hybridized carbons (Fsp3) is 0.320. The van der Waals surface area contributed by atoms with E-state index in [0.29, 0.717) is 35.6 Å². The van der Waals surface area contributed by atoms with Gasteiger partial charge >= 0.3 is 6.18 Å². The molecule has 0 fully saturated rings. The number of hydrogen-bond acceptors (Lipinski definition) is 6. The van der Waals surface area contributed by atoms with Gasteiger partial charge in [-0.05, 0) is 41.8 Å². The second-order valence-corrected chi connectivity index (χ2v) is 8.27. The number of carbonyl (C=O) groups excluding carboxylic acids is 1. The third kappa shape index (κ3) is 5.07. The second kappa shape index (κ2) is 10.2. The van der Waals surface area contributed by atoms with Crippen LogP contribution in [0, 0.1) is 11.3 Å². The number of aryl methyl sites for hydroxylation is 1. The average Bonchev–Trinajstić information content (AvgIpc) is 3.30. The molecule has 2 atom stereocenters. The van der Waals surface area contributed by atoms with Crippen LogP contribution in [0.1, 0.15) is 46.4 Å². The molecule has 0 radical (unpaired) electrons. The lowest BCUT2D eigenvalue weighted by Gasteiger charge is -2.34. The lowest BCUT2D eigenvalue weighted by molar-refractivity contribution is -0.173. The summed E-state index contributed by atoms with van der Waals surface area (Å²) >= 11 is 0. The molecule has 188 valence electrons. The number of nitrogens with zero attached hydrogens (tertiary/aromatic N) is 3. The van der Waals surface area contributed by atoms with Gasteiger partial charge in [-0.15, -0.1) is 0 Å². The fourth-order valence-electron chi connectivity index (χ4n) is 4.22. The molecular formula is C25H24F3N5O3. The van der Waals surface area contributed by atoms with Crippen molar-refractivity contribution in [3.63, 3.8) is 0 Å². The molecule has 36 heavy (non-hydrogen) atoms. The van der Waals surface area contributed by atoms with Crippen molar-refractivity contribution in [3.8, 4) is 17.6 Å². The number of carbonyl (C=O) groups is 1. The summed E-state index contributed by atoms with van der Waals surface area (Å²) in [6, 6.07) is 11.2. The van der Waals surface area contributed by atoms with Gasteiger partial charge in [0.25, 0.3) is 5.91 Å². The van der Waals surface area contributed by atoms with Crippen LogP contribution in [-0.2, 0) is 6.42 Å². The number of anilines is 2. The Bertz CT molecular complexity index is 1300. The minimum atomic E-state index is -4.58. The van der Waals surface area contributed by atoms with Gasteiger partial charge in [-0.1, -0.05) is 18.2 Å². The predicted octanol–water partition coefficient (Wildman–Crippen LogP) is 5.27. The number of rotatable bonds is 7. The Balaban J connectivity index is 1.65. The van der Waals surface area contributed by atoms with Crippen LogP contribution in [0.15, 0.2) is 48.7 Å². The van der Waals surface area contributed by atoms with Crippen molar-refractivity contribution in [2.75, 3.05) is 24.9 Å². The first-order valence-electron chi connectivity index (χ1n) is 11.1. The summed E-state index contributed by atoms with van der Waals surface area (Å²) in [6.45, 7) is 0. The molecule has 11 heteroatoms. The molecule has 0 spiro atoms. The number of nitrogens with one attached hydrogen (secondary N) is 2. The lowest BCUT2D eigenvalue weighted by atomic mass is 9.96. The van der Waals surface area contributed by atoms with Crippen LogP contribution in [0.2, 0.25) is 0 Å². The normalized spacial score (nSPS) is 16.9. The lowest BCUT2D eigenvalue weighted by Crippen LogP contribution is -2.36. The Morgan fingerprint density at radius 3 is 2.69 bits per heavy atom. The van der Waals surface area contributed by atoms with Gasteiger partial charge < -0.3 is 20.1 Å². The number of alkyl halides is 3. The maximum Gasteiger partial charge on any atom is 0.410 e. The first kappa shape index (κ1) is 24.9. The first-order chi connectivity index (χ1) is 17.2. The van der Waals surface area contributed by atoms with Crippen LogP contribution in [0.5, 0.6) is 11.5 Å². The van der Waals surface area contributed by atoms with Gasteiger partial charge in [-0.3, -0.25) is 4.79 Å². The summed E-state index contributed by atoms with van der Waals surface area (Å²) < 4.78 is 53.4. The average molecular weight is 499 g/mol. The van der Waals surface area contributed by atoms with Crippen LogP contribution in [0.4, 0.5) is 24.7 Å². The van der Waals surface area contributed by atoms with Crippen molar-refractivity contribution in [2.45, 2.75) is 37.5 Å². The highest BCUT2D eigenvalue weighted by Gasteiger charge is 2.47. The Kier molecular flexibility index (Phi) is 7.05. The minimum absolute atomic E-state index is 0.0168. The molecule has 1 aromatic heterocycles. The smallest absolute Gasteiger partial charge is 0.410 e. The Morgan fingerprint density at radius 1 is 1.22 bits per heavy atom. The zero-order valence-electron chi connectivity index (χ0n) is 19.6. The third-order valence-corrected chi connectivity index (χ3v) is 6.00. The largest absolute Gasteiger partial charge is 0.493 e. The summed E-state index contributed by atoms with van der Waals surface area (Å²) in [4.78, 5) is 13.1. The number of methoxy groups -OCH3 is 2. The van der Waals surface area contributed by atoms with Gasteiger partial charge in [0.1, 0.15) is 11.4 Å². The van der Waals surface area contributed by atoms with Crippen molar-refractivity contribution in [1.29, 1.82) is 5.26 Å². The molecule has 0 unspecified atom stereocenters. The Labute approximate surface area is 205 Å². The maximum atomic E-state index is 14.0. The van der Waals surface area contributed by atoms with E-state index in [2.05, 4.69) is 21.8 Å². The number of fused-ring (bicyclic) bond motifs is 1. The van der Waals surface area contributed by atoms with E-state index in [1.165, 1.54) is 14.2 Å². The van der Waals surface area contributed by atoms with Gasteiger partial charge in [-0.2, -0.15) is 23.5 Å². The van der Waals surface area contributed by atoms with Crippen molar-refractivity contribution < 1.29 is 27.4 Å². The van der Waals surface area contributed by atoms with Crippen LogP contribution < -0.4 is 20.1 Å². The highest BCUT2D eigenvalue weighted by atomic mass is 19.4. The van der Waals surface area contributed by atoms with Gasteiger partial charge in [0.05, 0.1) is 32.5 Å². The molecule has 0 aliphatic carbocycles. The van der Waals surface area contributed by atoms with E-state index in [1.54, 1.807) is 36.4 Å². The predicted molar refractivity (Wildman–Crippen MR) is 126 cm³/mol. The van der Waals surface area contributed by atoms with Gasteiger partial charge in [0.2, 0.25) is 0 Å². The van der Waals surface area contributed by atoms with Crippen molar-refractivity contribution in [1.82, 2.24) is 9.78 Å². The van der Waals surface area contributed by atoms with Crippen LogP contribution in [-0.4, -0.2) is 36.1 Å². The quantitative estimate of drug-likeness (QED) is 0.459. The van der Waals surface area contributed by atoms with Gasteiger partial charge in [0, 0.05) is 18.5 Å². The molecule has 1 aliphatic heterocycles. The highest BCUT2D eigenvalue weighted by molar-refractivity contribution is 6.07. The number of aromatic nitrogens is 2. The molecule has 4 rings (SSSR count). The van der Waals surface area contributed by atoms with E-state index in [4.69, 9.17) is 14.7 Å². The summed E-state index contributed by atoms with van der Waals surface area (Å²) in [5.41, 5.74) is 1.85. The summed E-state index contributed by atoms with van der Waals surface area (Å²) in [6.07, 6.45) is -2.93. The maximum absolute atomic E-state index is 14.0. The van der Waals surface area contributed by atoms with Gasteiger partial charge in [0.15, 0.2) is 17.5 Å². The van der Waals surface area contributed by atoms with Crippen molar-refractivity contribution in [2.24, 2.45) is 0 Å². The van der Waals surface area contributed by atoms with E-state index in [-0.39, 0.29) is 17.8 Å².